The van der Waals surface area contributed by atoms with E-state index in [1.54, 1.807) is 26.2 Å². The van der Waals surface area contributed by atoms with Crippen LogP contribution in [0.2, 0.25) is 0 Å². The molecule has 1 atom stereocenters. The van der Waals surface area contributed by atoms with Crippen LogP contribution >= 0.6 is 0 Å². The zero-order chi connectivity index (χ0) is 24.3. The number of hydrogen-bond donors (Lipinski definition) is 2. The van der Waals surface area contributed by atoms with Gasteiger partial charge in [0.15, 0.2) is 11.5 Å². The standard InChI is InChI=1S/C24H27F3N4O3/c1-14-30-19-10-20(32-3)21(34-13-16-12-28-7-8-33-16)9-17(19)23(31-14)29-11-15-5-4-6-18(22(15)25)24(2,26)27/h4-6,9-10,16,28H,7-8,11-13H2,1-3H3,(H,29,30,31)/t16-/m0/s1. The highest BCUT2D eigenvalue weighted by Crippen LogP contribution is 2.35. The first-order valence-electron chi connectivity index (χ1n) is 11.0. The summed E-state index contributed by atoms with van der Waals surface area (Å²) in [4.78, 5) is 8.90. The second kappa shape index (κ2) is 10.0. The number of fused-ring (bicyclic) bond motifs is 1. The van der Waals surface area contributed by atoms with E-state index < -0.39 is 17.3 Å². The average Bonchev–Trinajstić information content (AvgIpc) is 2.81. The maximum absolute atomic E-state index is 14.7. The van der Waals surface area contributed by atoms with Crippen molar-refractivity contribution in [1.82, 2.24) is 15.3 Å². The van der Waals surface area contributed by atoms with Crippen molar-refractivity contribution in [2.45, 2.75) is 32.4 Å². The van der Waals surface area contributed by atoms with Crippen LogP contribution in [-0.2, 0) is 17.2 Å². The summed E-state index contributed by atoms with van der Waals surface area (Å²) in [5.74, 6) is -2.31. The van der Waals surface area contributed by atoms with Crippen molar-refractivity contribution >= 4 is 16.7 Å². The minimum Gasteiger partial charge on any atom is -0.493 e. The van der Waals surface area contributed by atoms with Crippen molar-refractivity contribution in [2.24, 2.45) is 0 Å². The molecule has 182 valence electrons. The van der Waals surface area contributed by atoms with E-state index >= 15 is 0 Å². The summed E-state index contributed by atoms with van der Waals surface area (Å²) in [6.07, 6.45) is -0.0899. The van der Waals surface area contributed by atoms with Crippen LogP contribution in [0.3, 0.4) is 0 Å². The van der Waals surface area contributed by atoms with Gasteiger partial charge in [0.2, 0.25) is 0 Å². The Kier molecular flexibility index (Phi) is 7.08. The van der Waals surface area contributed by atoms with Gasteiger partial charge in [0.1, 0.15) is 30.2 Å². The molecule has 1 saturated heterocycles. The van der Waals surface area contributed by atoms with Crippen molar-refractivity contribution in [2.75, 3.05) is 38.7 Å². The van der Waals surface area contributed by atoms with Crippen LogP contribution in [-0.4, -0.2) is 49.5 Å². The molecule has 1 aliphatic heterocycles. The molecule has 0 saturated carbocycles. The van der Waals surface area contributed by atoms with E-state index in [1.807, 2.05) is 0 Å². The van der Waals surface area contributed by atoms with Gasteiger partial charge in [-0.25, -0.2) is 23.1 Å². The smallest absolute Gasteiger partial charge is 0.273 e. The molecule has 1 fully saturated rings. The summed E-state index contributed by atoms with van der Waals surface area (Å²) >= 11 is 0. The van der Waals surface area contributed by atoms with E-state index in [-0.39, 0.29) is 18.2 Å². The van der Waals surface area contributed by atoms with E-state index in [2.05, 4.69) is 20.6 Å². The van der Waals surface area contributed by atoms with Gasteiger partial charge in [0.25, 0.3) is 5.92 Å². The molecule has 7 nitrogen and oxygen atoms in total. The zero-order valence-electron chi connectivity index (χ0n) is 19.3. The first-order valence-corrected chi connectivity index (χ1v) is 11.0. The minimum atomic E-state index is -3.28. The summed E-state index contributed by atoms with van der Waals surface area (Å²) < 4.78 is 59.3. The second-order valence-corrected chi connectivity index (χ2v) is 8.17. The van der Waals surface area contributed by atoms with Crippen LogP contribution in [0.4, 0.5) is 19.0 Å². The Morgan fingerprint density at radius 1 is 1.24 bits per heavy atom. The number of hydrogen-bond acceptors (Lipinski definition) is 7. The van der Waals surface area contributed by atoms with E-state index in [9.17, 15) is 13.2 Å². The number of anilines is 1. The zero-order valence-corrected chi connectivity index (χ0v) is 19.3. The normalized spacial score (nSPS) is 16.5. The van der Waals surface area contributed by atoms with Crippen molar-refractivity contribution in [3.8, 4) is 11.5 Å². The Hall–Kier alpha value is -3.11. The molecule has 1 aliphatic rings. The molecule has 0 amide bonds. The lowest BCUT2D eigenvalue weighted by Gasteiger charge is -2.24. The number of nitrogens with one attached hydrogen (secondary N) is 2. The molecule has 2 heterocycles. The number of nitrogens with zero attached hydrogens (tertiary/aromatic N) is 2. The SMILES string of the molecule is COc1cc2nc(C)nc(NCc3cccc(C(C)(F)F)c3F)c2cc1OC[C@@H]1CNCCO1. The number of halogens is 3. The highest BCUT2D eigenvalue weighted by Gasteiger charge is 2.29. The predicted octanol–water partition coefficient (Wildman–Crippen LogP) is 4.18. The largest absolute Gasteiger partial charge is 0.493 e. The Balaban J connectivity index is 1.62. The fourth-order valence-corrected chi connectivity index (χ4v) is 3.80. The number of benzene rings is 2. The third-order valence-corrected chi connectivity index (χ3v) is 5.52. The molecule has 0 unspecified atom stereocenters. The monoisotopic (exact) mass is 476 g/mol. The molecule has 0 bridgehead atoms. The Labute approximate surface area is 195 Å². The highest BCUT2D eigenvalue weighted by atomic mass is 19.3. The molecule has 4 rings (SSSR count). The maximum atomic E-state index is 14.7. The highest BCUT2D eigenvalue weighted by molar-refractivity contribution is 5.91. The first kappa shape index (κ1) is 24.0. The molecule has 3 aromatic rings. The molecule has 0 radical (unpaired) electrons. The number of ether oxygens (including phenoxy) is 3. The van der Waals surface area contributed by atoms with Crippen LogP contribution in [0.5, 0.6) is 11.5 Å². The molecule has 2 N–H and O–H groups in total. The molecular formula is C24H27F3N4O3. The number of methoxy groups -OCH3 is 1. The number of alkyl halides is 2. The van der Waals surface area contributed by atoms with Crippen molar-refractivity contribution in [3.63, 3.8) is 0 Å². The molecule has 2 aromatic carbocycles. The Morgan fingerprint density at radius 2 is 2.06 bits per heavy atom. The second-order valence-electron chi connectivity index (χ2n) is 8.17. The van der Waals surface area contributed by atoms with Crippen LogP contribution in [0.1, 0.15) is 23.9 Å². The van der Waals surface area contributed by atoms with Crippen molar-refractivity contribution in [1.29, 1.82) is 0 Å². The summed E-state index contributed by atoms with van der Waals surface area (Å²) in [6, 6.07) is 7.45. The fraction of sp³-hybridized carbons (Fsp3) is 0.417. The summed E-state index contributed by atoms with van der Waals surface area (Å²) in [7, 11) is 1.54. The number of aromatic nitrogens is 2. The van der Waals surface area contributed by atoms with Gasteiger partial charge in [-0.3, -0.25) is 0 Å². The number of morpholine rings is 1. The van der Waals surface area contributed by atoms with Gasteiger partial charge >= 0.3 is 0 Å². The average molecular weight is 476 g/mol. The van der Waals surface area contributed by atoms with E-state index in [1.165, 1.54) is 12.1 Å². The Bertz CT molecular complexity index is 1160. The van der Waals surface area contributed by atoms with Crippen molar-refractivity contribution in [3.05, 3.63) is 53.1 Å². The van der Waals surface area contributed by atoms with Crippen LogP contribution in [0.15, 0.2) is 30.3 Å². The van der Waals surface area contributed by atoms with E-state index in [4.69, 9.17) is 14.2 Å². The molecule has 34 heavy (non-hydrogen) atoms. The maximum Gasteiger partial charge on any atom is 0.273 e. The quantitative estimate of drug-likeness (QED) is 0.505. The summed E-state index contributed by atoms with van der Waals surface area (Å²) in [5, 5.41) is 6.94. The molecular weight excluding hydrogens is 449 g/mol. The van der Waals surface area contributed by atoms with E-state index in [0.29, 0.717) is 60.7 Å². The summed E-state index contributed by atoms with van der Waals surface area (Å²) in [5.41, 5.74) is 0.0647. The Morgan fingerprint density at radius 3 is 2.76 bits per heavy atom. The van der Waals surface area contributed by atoms with Gasteiger partial charge < -0.3 is 24.8 Å². The number of aryl methyl sites for hydroxylation is 1. The molecule has 0 spiro atoms. The first-order chi connectivity index (χ1) is 16.3. The van der Waals surface area contributed by atoms with Gasteiger partial charge in [0.05, 0.1) is 24.8 Å². The van der Waals surface area contributed by atoms with Gasteiger partial charge in [0, 0.05) is 43.6 Å². The summed E-state index contributed by atoms with van der Waals surface area (Å²) in [6.45, 7) is 4.80. The van der Waals surface area contributed by atoms with Gasteiger partial charge in [-0.05, 0) is 13.0 Å². The molecule has 10 heteroatoms. The van der Waals surface area contributed by atoms with Crippen molar-refractivity contribution < 1.29 is 27.4 Å². The topological polar surface area (TPSA) is 77.5 Å². The minimum absolute atomic E-state index is 0.0366. The molecule has 0 aliphatic carbocycles. The van der Waals surface area contributed by atoms with Crippen LogP contribution < -0.4 is 20.1 Å². The fourth-order valence-electron chi connectivity index (χ4n) is 3.80. The van der Waals surface area contributed by atoms with E-state index in [0.717, 1.165) is 12.6 Å². The lowest BCUT2D eigenvalue weighted by molar-refractivity contribution is -0.000234. The molecule has 1 aromatic heterocycles. The predicted molar refractivity (Wildman–Crippen MR) is 122 cm³/mol. The van der Waals surface area contributed by atoms with Gasteiger partial charge in [-0.15, -0.1) is 0 Å². The third kappa shape index (κ3) is 5.34. The van der Waals surface area contributed by atoms with Gasteiger partial charge in [-0.1, -0.05) is 18.2 Å². The number of rotatable bonds is 8. The lowest BCUT2D eigenvalue weighted by atomic mass is 10.0. The van der Waals surface area contributed by atoms with Crippen LogP contribution in [0, 0.1) is 12.7 Å². The van der Waals surface area contributed by atoms with Gasteiger partial charge in [-0.2, -0.15) is 0 Å². The van der Waals surface area contributed by atoms with Crippen LogP contribution in [0.25, 0.3) is 10.9 Å². The third-order valence-electron chi connectivity index (χ3n) is 5.52. The lowest BCUT2D eigenvalue weighted by Crippen LogP contribution is -2.41.